The van der Waals surface area contributed by atoms with Crippen LogP contribution in [0.5, 0.6) is 5.75 Å². The Labute approximate surface area is 155 Å². The summed E-state index contributed by atoms with van der Waals surface area (Å²) in [7, 11) is 0. The molecule has 0 atom stereocenters. The summed E-state index contributed by atoms with van der Waals surface area (Å²) in [6, 6.07) is 5.41. The summed E-state index contributed by atoms with van der Waals surface area (Å²) in [5.74, 6) is 0.717. The highest BCUT2D eigenvalue weighted by molar-refractivity contribution is 5.59. The van der Waals surface area contributed by atoms with Gasteiger partial charge in [0.15, 0.2) is 0 Å². The van der Waals surface area contributed by atoms with Crippen molar-refractivity contribution in [2.45, 2.75) is 96.8 Å². The summed E-state index contributed by atoms with van der Waals surface area (Å²) in [5.41, 5.74) is 13.0. The van der Waals surface area contributed by atoms with Crippen LogP contribution in [0.2, 0.25) is 0 Å². The van der Waals surface area contributed by atoms with Gasteiger partial charge in [0.25, 0.3) is 0 Å². The molecule has 1 aromatic carbocycles. The fraction of sp³-hybridized carbons (Fsp3) is 0.727. The lowest BCUT2D eigenvalue weighted by Gasteiger charge is -2.09. The maximum Gasteiger partial charge on any atom is 0.144 e. The second-order valence-corrected chi connectivity index (χ2v) is 7.24. The fourth-order valence-electron chi connectivity index (χ4n) is 3.15. The van der Waals surface area contributed by atoms with E-state index in [1.807, 2.05) is 0 Å². The van der Waals surface area contributed by atoms with E-state index in [1.54, 1.807) is 18.2 Å². The summed E-state index contributed by atoms with van der Waals surface area (Å²) >= 11 is 0. The van der Waals surface area contributed by atoms with Crippen molar-refractivity contribution in [2.75, 3.05) is 18.1 Å². The van der Waals surface area contributed by atoms with Crippen molar-refractivity contribution < 1.29 is 4.74 Å². The average molecular weight is 349 g/mol. The fourth-order valence-corrected chi connectivity index (χ4v) is 3.15. The summed E-state index contributed by atoms with van der Waals surface area (Å²) in [6.45, 7) is 3.01. The Morgan fingerprint density at radius 1 is 0.680 bits per heavy atom. The van der Waals surface area contributed by atoms with E-state index in [2.05, 4.69) is 6.92 Å². The highest BCUT2D eigenvalue weighted by Crippen LogP contribution is 2.24. The lowest BCUT2D eigenvalue weighted by Crippen LogP contribution is -2.01. The predicted molar refractivity (Wildman–Crippen MR) is 111 cm³/mol. The smallest absolute Gasteiger partial charge is 0.144 e. The van der Waals surface area contributed by atoms with Crippen molar-refractivity contribution in [3.63, 3.8) is 0 Å². The Bertz CT molecular complexity index is 434. The standard InChI is InChI=1S/C22H40N2O/c1-2-3-4-5-6-7-8-9-10-11-12-13-14-15-18-25-22-19-20(23)16-17-21(22)24/h16-17,19H,2-15,18,23-24H2,1H3. The molecule has 0 radical (unpaired) electrons. The Balaban J connectivity index is 1.82. The predicted octanol–water partition coefficient (Wildman–Crippen LogP) is 6.71. The van der Waals surface area contributed by atoms with Gasteiger partial charge >= 0.3 is 0 Å². The molecule has 25 heavy (non-hydrogen) atoms. The molecule has 0 aliphatic rings. The van der Waals surface area contributed by atoms with Crippen LogP contribution in [0.3, 0.4) is 0 Å². The van der Waals surface area contributed by atoms with Gasteiger partial charge in [-0.2, -0.15) is 0 Å². The largest absolute Gasteiger partial charge is 0.491 e. The molecular formula is C22H40N2O. The van der Waals surface area contributed by atoms with Crippen LogP contribution in [-0.4, -0.2) is 6.61 Å². The van der Waals surface area contributed by atoms with Crippen molar-refractivity contribution in [3.05, 3.63) is 18.2 Å². The second-order valence-electron chi connectivity index (χ2n) is 7.24. The van der Waals surface area contributed by atoms with Gasteiger partial charge in [-0.1, -0.05) is 90.4 Å². The molecule has 144 valence electrons. The van der Waals surface area contributed by atoms with E-state index in [0.29, 0.717) is 11.4 Å². The molecule has 3 nitrogen and oxygen atoms in total. The summed E-state index contributed by atoms with van der Waals surface area (Å²) in [5, 5.41) is 0. The van der Waals surface area contributed by atoms with Crippen LogP contribution in [0.4, 0.5) is 11.4 Å². The SMILES string of the molecule is CCCCCCCCCCCCCCCCOc1cc(N)ccc1N. The van der Waals surface area contributed by atoms with E-state index in [1.165, 1.54) is 83.5 Å². The van der Waals surface area contributed by atoms with Gasteiger partial charge in [-0.3, -0.25) is 0 Å². The van der Waals surface area contributed by atoms with E-state index in [0.717, 1.165) is 18.8 Å². The quantitative estimate of drug-likeness (QED) is 0.258. The van der Waals surface area contributed by atoms with Crippen molar-refractivity contribution in [3.8, 4) is 5.75 Å². The van der Waals surface area contributed by atoms with Gasteiger partial charge in [0.05, 0.1) is 12.3 Å². The number of unbranched alkanes of at least 4 members (excludes halogenated alkanes) is 13. The molecule has 1 rings (SSSR count). The Morgan fingerprint density at radius 2 is 1.16 bits per heavy atom. The molecule has 4 N–H and O–H groups in total. The van der Waals surface area contributed by atoms with Gasteiger partial charge in [0.2, 0.25) is 0 Å². The number of anilines is 2. The second kappa shape index (κ2) is 14.9. The van der Waals surface area contributed by atoms with E-state index < -0.39 is 0 Å². The molecule has 0 saturated heterocycles. The van der Waals surface area contributed by atoms with E-state index >= 15 is 0 Å². The van der Waals surface area contributed by atoms with Crippen LogP contribution in [0.25, 0.3) is 0 Å². The van der Waals surface area contributed by atoms with E-state index in [4.69, 9.17) is 16.2 Å². The zero-order valence-electron chi connectivity index (χ0n) is 16.4. The molecule has 0 saturated carbocycles. The highest BCUT2D eigenvalue weighted by Gasteiger charge is 2.00. The van der Waals surface area contributed by atoms with Crippen LogP contribution >= 0.6 is 0 Å². The Morgan fingerprint density at radius 3 is 1.68 bits per heavy atom. The summed E-state index contributed by atoms with van der Waals surface area (Å²) in [6.07, 6.45) is 19.2. The zero-order chi connectivity index (χ0) is 18.2. The number of nitrogens with two attached hydrogens (primary N) is 2. The number of rotatable bonds is 16. The highest BCUT2D eigenvalue weighted by atomic mass is 16.5. The number of ether oxygens (including phenoxy) is 1. The molecule has 0 spiro atoms. The third kappa shape index (κ3) is 11.7. The van der Waals surface area contributed by atoms with Gasteiger partial charge in [-0.15, -0.1) is 0 Å². The van der Waals surface area contributed by atoms with Crippen LogP contribution in [0.15, 0.2) is 18.2 Å². The molecule has 0 unspecified atom stereocenters. The van der Waals surface area contributed by atoms with Gasteiger partial charge in [-0.05, 0) is 18.6 Å². The minimum atomic E-state index is 0.666. The molecule has 1 aromatic rings. The molecular weight excluding hydrogens is 308 g/mol. The molecule has 0 aromatic heterocycles. The van der Waals surface area contributed by atoms with Gasteiger partial charge < -0.3 is 16.2 Å². The van der Waals surface area contributed by atoms with Crippen LogP contribution < -0.4 is 16.2 Å². The normalized spacial score (nSPS) is 10.9. The maximum atomic E-state index is 5.87. The van der Waals surface area contributed by atoms with Gasteiger partial charge in [0.1, 0.15) is 5.75 Å². The molecule has 0 amide bonds. The minimum Gasteiger partial charge on any atom is -0.491 e. The number of benzene rings is 1. The van der Waals surface area contributed by atoms with Crippen LogP contribution in [0.1, 0.15) is 96.8 Å². The number of hydrogen-bond donors (Lipinski definition) is 2. The van der Waals surface area contributed by atoms with Crippen molar-refractivity contribution in [1.82, 2.24) is 0 Å². The van der Waals surface area contributed by atoms with Gasteiger partial charge in [0, 0.05) is 11.8 Å². The lowest BCUT2D eigenvalue weighted by atomic mass is 10.0. The van der Waals surface area contributed by atoms with Crippen LogP contribution in [-0.2, 0) is 0 Å². The van der Waals surface area contributed by atoms with Crippen molar-refractivity contribution >= 4 is 11.4 Å². The van der Waals surface area contributed by atoms with Crippen molar-refractivity contribution in [2.24, 2.45) is 0 Å². The first-order chi connectivity index (χ1) is 12.2. The molecule has 0 fully saturated rings. The third-order valence-electron chi connectivity index (χ3n) is 4.79. The Hall–Kier alpha value is -1.38. The maximum absolute atomic E-state index is 5.87. The lowest BCUT2D eigenvalue weighted by molar-refractivity contribution is 0.306. The number of hydrogen-bond acceptors (Lipinski definition) is 3. The first-order valence-electron chi connectivity index (χ1n) is 10.5. The summed E-state index contributed by atoms with van der Waals surface area (Å²) in [4.78, 5) is 0. The monoisotopic (exact) mass is 348 g/mol. The average Bonchev–Trinajstić information content (AvgIpc) is 2.61. The number of nitrogen functional groups attached to an aromatic ring is 2. The van der Waals surface area contributed by atoms with Crippen LogP contribution in [0, 0.1) is 0 Å². The molecule has 0 aliphatic carbocycles. The summed E-state index contributed by atoms with van der Waals surface area (Å²) < 4.78 is 5.72. The molecule has 0 bridgehead atoms. The first-order valence-corrected chi connectivity index (χ1v) is 10.5. The van der Waals surface area contributed by atoms with Gasteiger partial charge in [-0.25, -0.2) is 0 Å². The van der Waals surface area contributed by atoms with E-state index in [-0.39, 0.29) is 0 Å². The Kier molecular flexibility index (Phi) is 12.9. The zero-order valence-corrected chi connectivity index (χ0v) is 16.4. The van der Waals surface area contributed by atoms with Crippen molar-refractivity contribution in [1.29, 1.82) is 0 Å². The molecule has 3 heteroatoms. The first kappa shape index (κ1) is 21.7. The minimum absolute atomic E-state index is 0.666. The molecule has 0 aliphatic heterocycles. The third-order valence-corrected chi connectivity index (χ3v) is 4.79. The van der Waals surface area contributed by atoms with E-state index in [9.17, 15) is 0 Å². The topological polar surface area (TPSA) is 61.3 Å². The molecule has 0 heterocycles.